The smallest absolute Gasteiger partial charge is 0.253 e. The molecule has 2 amide bonds. The van der Waals surface area contributed by atoms with Crippen LogP contribution in [0.25, 0.3) is 0 Å². The molecule has 1 unspecified atom stereocenters. The third-order valence-corrected chi connectivity index (χ3v) is 2.25. The van der Waals surface area contributed by atoms with E-state index in [0.29, 0.717) is 12.3 Å². The van der Waals surface area contributed by atoms with Crippen molar-refractivity contribution < 1.29 is 14.7 Å². The van der Waals surface area contributed by atoms with Crippen molar-refractivity contribution >= 4 is 11.8 Å². The number of rotatable bonds is 4. The Bertz CT molecular complexity index is 287. The molecule has 0 bridgehead atoms. The van der Waals surface area contributed by atoms with Crippen LogP contribution in [0.1, 0.15) is 27.2 Å². The maximum Gasteiger partial charge on any atom is 0.253 e. The highest BCUT2D eigenvalue weighted by atomic mass is 16.3. The molecule has 0 aromatic heterocycles. The van der Waals surface area contributed by atoms with Gasteiger partial charge in [0, 0.05) is 12.2 Å². The van der Waals surface area contributed by atoms with E-state index in [4.69, 9.17) is 0 Å². The highest BCUT2D eigenvalue weighted by molar-refractivity contribution is 6.12. The molecule has 84 valence electrons. The third-order valence-electron chi connectivity index (χ3n) is 2.25. The largest absolute Gasteiger partial charge is 0.388 e. The Morgan fingerprint density at radius 1 is 1.33 bits per heavy atom. The van der Waals surface area contributed by atoms with Gasteiger partial charge in [-0.25, -0.2) is 0 Å². The number of amides is 2. The van der Waals surface area contributed by atoms with E-state index in [1.165, 1.54) is 12.2 Å². The van der Waals surface area contributed by atoms with Gasteiger partial charge < -0.3 is 5.11 Å². The van der Waals surface area contributed by atoms with Gasteiger partial charge in [0.1, 0.15) is 0 Å². The molecule has 1 aliphatic rings. The summed E-state index contributed by atoms with van der Waals surface area (Å²) in [6.45, 7) is 5.68. The van der Waals surface area contributed by atoms with Crippen molar-refractivity contribution in [3.8, 4) is 0 Å². The first-order valence-corrected chi connectivity index (χ1v) is 5.08. The number of β-amino-alcohol motifs (C(OH)–C–C–N with tert-alkyl or cyclic N) is 1. The molecule has 1 heterocycles. The van der Waals surface area contributed by atoms with Crippen LogP contribution in [0.5, 0.6) is 0 Å². The van der Waals surface area contributed by atoms with E-state index in [2.05, 4.69) is 0 Å². The Kier molecular flexibility index (Phi) is 3.29. The second kappa shape index (κ2) is 4.14. The second-order valence-corrected chi connectivity index (χ2v) is 4.69. The van der Waals surface area contributed by atoms with Gasteiger partial charge in [-0.15, -0.1) is 0 Å². The maximum atomic E-state index is 11.3. The molecule has 15 heavy (non-hydrogen) atoms. The summed E-state index contributed by atoms with van der Waals surface area (Å²) in [7, 11) is 0. The van der Waals surface area contributed by atoms with Gasteiger partial charge in [0.25, 0.3) is 11.8 Å². The number of imide groups is 1. The van der Waals surface area contributed by atoms with Gasteiger partial charge in [-0.1, -0.05) is 13.8 Å². The van der Waals surface area contributed by atoms with E-state index in [0.717, 1.165) is 4.90 Å². The minimum Gasteiger partial charge on any atom is -0.388 e. The predicted molar refractivity (Wildman–Crippen MR) is 55.9 cm³/mol. The highest BCUT2D eigenvalue weighted by Crippen LogP contribution is 2.19. The summed E-state index contributed by atoms with van der Waals surface area (Å²) in [5.41, 5.74) is -1.01. The van der Waals surface area contributed by atoms with Crippen LogP contribution in [0.2, 0.25) is 0 Å². The first-order chi connectivity index (χ1) is 6.82. The molecular formula is C11H17NO3. The molecule has 0 aromatic carbocycles. The number of carbonyl (C=O) groups excluding carboxylic acids is 2. The van der Waals surface area contributed by atoms with Crippen molar-refractivity contribution in [1.82, 2.24) is 4.90 Å². The summed E-state index contributed by atoms with van der Waals surface area (Å²) < 4.78 is 0. The molecule has 0 radical (unpaired) electrons. The monoisotopic (exact) mass is 211 g/mol. The second-order valence-electron chi connectivity index (χ2n) is 4.69. The molecule has 1 aliphatic heterocycles. The summed E-state index contributed by atoms with van der Waals surface area (Å²) in [4.78, 5) is 23.6. The van der Waals surface area contributed by atoms with E-state index < -0.39 is 5.60 Å². The van der Waals surface area contributed by atoms with Crippen molar-refractivity contribution in [1.29, 1.82) is 0 Å². The highest BCUT2D eigenvalue weighted by Gasteiger charge is 2.32. The predicted octanol–water partition coefficient (Wildman–Crippen LogP) is 0.708. The normalized spacial score (nSPS) is 20.2. The fraction of sp³-hybridized carbons (Fsp3) is 0.636. The summed E-state index contributed by atoms with van der Waals surface area (Å²) in [5, 5.41) is 10.0. The Labute approximate surface area is 89.6 Å². The van der Waals surface area contributed by atoms with Gasteiger partial charge in [0.2, 0.25) is 0 Å². The molecule has 0 fully saturated rings. The zero-order valence-corrected chi connectivity index (χ0v) is 9.36. The molecule has 0 saturated heterocycles. The van der Waals surface area contributed by atoms with E-state index >= 15 is 0 Å². The van der Waals surface area contributed by atoms with E-state index in [9.17, 15) is 14.7 Å². The van der Waals surface area contributed by atoms with Gasteiger partial charge in [-0.05, 0) is 19.3 Å². The first kappa shape index (κ1) is 11.9. The van der Waals surface area contributed by atoms with Crippen LogP contribution in [0.15, 0.2) is 12.2 Å². The average Bonchev–Trinajstić information content (AvgIpc) is 2.33. The van der Waals surface area contributed by atoms with Crippen LogP contribution < -0.4 is 0 Å². The van der Waals surface area contributed by atoms with Crippen LogP contribution in [0.3, 0.4) is 0 Å². The molecule has 4 nitrogen and oxygen atoms in total. The Hall–Kier alpha value is -1.16. The molecule has 0 saturated carbocycles. The van der Waals surface area contributed by atoms with Crippen molar-refractivity contribution in [2.24, 2.45) is 5.92 Å². The van der Waals surface area contributed by atoms with Crippen molar-refractivity contribution in [2.45, 2.75) is 32.8 Å². The molecule has 1 N–H and O–H groups in total. The number of carbonyl (C=O) groups is 2. The van der Waals surface area contributed by atoms with E-state index in [1.54, 1.807) is 6.92 Å². The van der Waals surface area contributed by atoms with Gasteiger partial charge in [0.15, 0.2) is 0 Å². The lowest BCUT2D eigenvalue weighted by Gasteiger charge is -2.29. The number of hydrogen-bond acceptors (Lipinski definition) is 3. The lowest BCUT2D eigenvalue weighted by molar-refractivity contribution is -0.141. The standard InChI is InChI=1S/C11H17NO3/c1-8(2)6-11(3,15)7-12-9(13)4-5-10(12)14/h4-5,8,15H,6-7H2,1-3H3. The van der Waals surface area contributed by atoms with Crippen LogP contribution in [0, 0.1) is 5.92 Å². The van der Waals surface area contributed by atoms with Gasteiger partial charge in [-0.2, -0.15) is 0 Å². The van der Waals surface area contributed by atoms with Crippen LogP contribution in [-0.2, 0) is 9.59 Å². The number of hydrogen-bond donors (Lipinski definition) is 1. The third kappa shape index (κ3) is 3.16. The average molecular weight is 211 g/mol. The molecule has 1 atom stereocenters. The van der Waals surface area contributed by atoms with E-state index in [-0.39, 0.29) is 18.4 Å². The maximum absolute atomic E-state index is 11.3. The lowest BCUT2D eigenvalue weighted by atomic mass is 9.94. The first-order valence-electron chi connectivity index (χ1n) is 5.08. The van der Waals surface area contributed by atoms with Crippen LogP contribution in [0.4, 0.5) is 0 Å². The van der Waals surface area contributed by atoms with Crippen molar-refractivity contribution in [2.75, 3.05) is 6.54 Å². The fourth-order valence-corrected chi connectivity index (χ4v) is 1.87. The summed E-state index contributed by atoms with van der Waals surface area (Å²) >= 11 is 0. The SMILES string of the molecule is CC(C)CC(C)(O)CN1C(=O)C=CC1=O. The molecule has 0 aliphatic carbocycles. The summed E-state index contributed by atoms with van der Waals surface area (Å²) in [6.07, 6.45) is 3.02. The zero-order chi connectivity index (χ0) is 11.6. The zero-order valence-electron chi connectivity index (χ0n) is 9.36. The topological polar surface area (TPSA) is 57.6 Å². The Morgan fingerprint density at radius 3 is 2.20 bits per heavy atom. The summed E-state index contributed by atoms with van der Waals surface area (Å²) in [5.74, 6) is -0.367. The molecule has 0 aromatic rings. The minimum atomic E-state index is -1.01. The summed E-state index contributed by atoms with van der Waals surface area (Å²) in [6, 6.07) is 0. The van der Waals surface area contributed by atoms with E-state index in [1.807, 2.05) is 13.8 Å². The molecular weight excluding hydrogens is 194 g/mol. The Balaban J connectivity index is 2.61. The van der Waals surface area contributed by atoms with Crippen molar-refractivity contribution in [3.63, 3.8) is 0 Å². The minimum absolute atomic E-state index is 0.0653. The number of nitrogens with zero attached hydrogens (tertiary/aromatic N) is 1. The molecule has 4 heteroatoms. The fourth-order valence-electron chi connectivity index (χ4n) is 1.87. The van der Waals surface area contributed by atoms with Gasteiger partial charge in [0.05, 0.1) is 12.1 Å². The number of aliphatic hydroxyl groups is 1. The van der Waals surface area contributed by atoms with Gasteiger partial charge >= 0.3 is 0 Å². The van der Waals surface area contributed by atoms with Crippen molar-refractivity contribution in [3.05, 3.63) is 12.2 Å². The van der Waals surface area contributed by atoms with Gasteiger partial charge in [-0.3, -0.25) is 14.5 Å². The lowest BCUT2D eigenvalue weighted by Crippen LogP contribution is -2.44. The molecule has 1 rings (SSSR count). The quantitative estimate of drug-likeness (QED) is 0.697. The Morgan fingerprint density at radius 2 is 1.80 bits per heavy atom. The molecule has 0 spiro atoms. The van der Waals surface area contributed by atoms with Crippen LogP contribution >= 0.6 is 0 Å². The van der Waals surface area contributed by atoms with Crippen LogP contribution in [-0.4, -0.2) is 34.0 Å².